The van der Waals surface area contributed by atoms with E-state index in [1.165, 1.54) is 38.8 Å². The Labute approximate surface area is 109 Å². The molecular formula is C15H23N2O+. The lowest BCUT2D eigenvalue weighted by Crippen LogP contribution is -3.12. The molecule has 1 aliphatic heterocycles. The van der Waals surface area contributed by atoms with E-state index in [0.29, 0.717) is 6.42 Å². The van der Waals surface area contributed by atoms with Crippen LogP contribution in [0.15, 0.2) is 30.3 Å². The third kappa shape index (κ3) is 4.49. The fourth-order valence-electron chi connectivity index (χ4n) is 2.51. The van der Waals surface area contributed by atoms with Crippen molar-refractivity contribution >= 4 is 11.6 Å². The number of hydrogen-bond donors (Lipinski definition) is 2. The maximum Gasteiger partial charge on any atom is 0.230 e. The van der Waals surface area contributed by atoms with Gasteiger partial charge in [0.25, 0.3) is 0 Å². The third-order valence-electron chi connectivity index (χ3n) is 3.57. The summed E-state index contributed by atoms with van der Waals surface area (Å²) in [6, 6.07) is 9.69. The number of para-hydroxylation sites is 1. The van der Waals surface area contributed by atoms with Gasteiger partial charge in [0.15, 0.2) is 0 Å². The molecule has 1 amide bonds. The van der Waals surface area contributed by atoms with Crippen LogP contribution in [0.4, 0.5) is 5.69 Å². The number of likely N-dealkylation sites (tertiary alicyclic amines) is 1. The quantitative estimate of drug-likeness (QED) is 0.830. The first-order valence-electron chi connectivity index (χ1n) is 7.03. The molecule has 0 aromatic heterocycles. The van der Waals surface area contributed by atoms with Gasteiger partial charge in [0.05, 0.1) is 26.1 Å². The summed E-state index contributed by atoms with van der Waals surface area (Å²) in [5.41, 5.74) is 0.897. The number of quaternary nitrogens is 1. The Bertz CT molecular complexity index is 356. The Morgan fingerprint density at radius 3 is 2.39 bits per heavy atom. The van der Waals surface area contributed by atoms with E-state index < -0.39 is 0 Å². The Balaban J connectivity index is 1.71. The van der Waals surface area contributed by atoms with Gasteiger partial charge in [-0.1, -0.05) is 18.2 Å². The van der Waals surface area contributed by atoms with E-state index in [0.717, 1.165) is 12.2 Å². The maximum atomic E-state index is 11.8. The van der Waals surface area contributed by atoms with Gasteiger partial charge in [-0.2, -0.15) is 0 Å². The summed E-state index contributed by atoms with van der Waals surface area (Å²) in [4.78, 5) is 13.4. The van der Waals surface area contributed by atoms with Crippen molar-refractivity contribution in [2.75, 3.05) is 25.0 Å². The fourth-order valence-corrected chi connectivity index (χ4v) is 2.51. The lowest BCUT2D eigenvalue weighted by molar-refractivity contribution is -0.898. The molecule has 0 saturated carbocycles. The standard InChI is InChI=1S/C15H22N2O/c18-15(16-14-8-4-3-5-9-14)10-13-17-11-6-1-2-7-12-17/h3-5,8-9H,1-2,6-7,10-13H2,(H,16,18)/p+1. The Kier molecular flexibility index (Phi) is 5.21. The lowest BCUT2D eigenvalue weighted by atomic mass is 10.2. The molecule has 98 valence electrons. The molecule has 3 nitrogen and oxygen atoms in total. The molecule has 0 atom stereocenters. The van der Waals surface area contributed by atoms with Crippen LogP contribution in [0.25, 0.3) is 0 Å². The summed E-state index contributed by atoms with van der Waals surface area (Å²) in [5.74, 6) is 0.137. The molecule has 0 bridgehead atoms. The smallest absolute Gasteiger partial charge is 0.230 e. The summed E-state index contributed by atoms with van der Waals surface area (Å²) in [6.45, 7) is 3.44. The molecule has 3 heteroatoms. The molecule has 1 aliphatic rings. The summed E-state index contributed by atoms with van der Waals surface area (Å²) < 4.78 is 0. The first-order chi connectivity index (χ1) is 8.84. The van der Waals surface area contributed by atoms with Crippen LogP contribution in [0.1, 0.15) is 32.1 Å². The number of carbonyl (C=O) groups is 1. The van der Waals surface area contributed by atoms with Crippen molar-refractivity contribution in [3.8, 4) is 0 Å². The van der Waals surface area contributed by atoms with Crippen molar-refractivity contribution in [2.24, 2.45) is 0 Å². The highest BCUT2D eigenvalue weighted by Gasteiger charge is 2.13. The van der Waals surface area contributed by atoms with Crippen LogP contribution in [0.5, 0.6) is 0 Å². The van der Waals surface area contributed by atoms with Gasteiger partial charge in [0.2, 0.25) is 5.91 Å². The maximum absolute atomic E-state index is 11.8. The van der Waals surface area contributed by atoms with Crippen LogP contribution in [0, 0.1) is 0 Å². The average Bonchev–Trinajstić information content (AvgIpc) is 2.66. The molecule has 18 heavy (non-hydrogen) atoms. The van der Waals surface area contributed by atoms with E-state index in [9.17, 15) is 4.79 Å². The van der Waals surface area contributed by atoms with Crippen molar-refractivity contribution in [1.29, 1.82) is 0 Å². The zero-order valence-corrected chi connectivity index (χ0v) is 11.0. The molecule has 1 saturated heterocycles. The van der Waals surface area contributed by atoms with Gasteiger partial charge in [-0.05, 0) is 37.8 Å². The summed E-state index contributed by atoms with van der Waals surface area (Å²) in [6.07, 6.45) is 5.98. The number of carbonyl (C=O) groups excluding carboxylic acids is 1. The van der Waals surface area contributed by atoms with Crippen molar-refractivity contribution in [2.45, 2.75) is 32.1 Å². The molecule has 1 heterocycles. The summed E-state index contributed by atoms with van der Waals surface area (Å²) >= 11 is 0. The topological polar surface area (TPSA) is 33.5 Å². The SMILES string of the molecule is O=C(CC[NH+]1CCCCCC1)Nc1ccccc1. The van der Waals surface area contributed by atoms with Crippen molar-refractivity contribution in [3.05, 3.63) is 30.3 Å². The van der Waals surface area contributed by atoms with E-state index in [1.54, 1.807) is 4.90 Å². The van der Waals surface area contributed by atoms with Gasteiger partial charge in [-0.3, -0.25) is 4.79 Å². The number of anilines is 1. The number of nitrogens with one attached hydrogen (secondary N) is 2. The first kappa shape index (κ1) is 13.1. The largest absolute Gasteiger partial charge is 0.335 e. The van der Waals surface area contributed by atoms with Crippen LogP contribution in [0.3, 0.4) is 0 Å². The first-order valence-corrected chi connectivity index (χ1v) is 7.03. The third-order valence-corrected chi connectivity index (χ3v) is 3.57. The molecule has 0 aliphatic carbocycles. The van der Waals surface area contributed by atoms with Crippen LogP contribution >= 0.6 is 0 Å². The van der Waals surface area contributed by atoms with Gasteiger partial charge >= 0.3 is 0 Å². The molecule has 1 aromatic rings. The van der Waals surface area contributed by atoms with E-state index in [1.807, 2.05) is 30.3 Å². The normalized spacial score (nSPS) is 17.1. The van der Waals surface area contributed by atoms with Gasteiger partial charge in [-0.25, -0.2) is 0 Å². The zero-order valence-electron chi connectivity index (χ0n) is 11.0. The number of benzene rings is 1. The summed E-state index contributed by atoms with van der Waals surface area (Å²) in [5, 5.41) is 2.94. The Hall–Kier alpha value is -1.35. The second kappa shape index (κ2) is 7.17. The lowest BCUT2D eigenvalue weighted by Gasteiger charge is -2.16. The zero-order chi connectivity index (χ0) is 12.6. The molecule has 1 fully saturated rings. The second-order valence-corrected chi connectivity index (χ2v) is 5.08. The van der Waals surface area contributed by atoms with Crippen LogP contribution < -0.4 is 10.2 Å². The van der Waals surface area contributed by atoms with Gasteiger partial charge < -0.3 is 10.2 Å². The number of amides is 1. The molecular weight excluding hydrogens is 224 g/mol. The van der Waals surface area contributed by atoms with Crippen molar-refractivity contribution in [3.63, 3.8) is 0 Å². The van der Waals surface area contributed by atoms with Crippen LogP contribution in [0.2, 0.25) is 0 Å². The monoisotopic (exact) mass is 247 g/mol. The molecule has 0 spiro atoms. The predicted molar refractivity (Wildman–Crippen MR) is 73.7 cm³/mol. The average molecular weight is 247 g/mol. The minimum atomic E-state index is 0.137. The predicted octanol–water partition coefficient (Wildman–Crippen LogP) is 1.47. The Morgan fingerprint density at radius 2 is 1.72 bits per heavy atom. The van der Waals surface area contributed by atoms with E-state index in [2.05, 4.69) is 5.32 Å². The van der Waals surface area contributed by atoms with E-state index >= 15 is 0 Å². The van der Waals surface area contributed by atoms with Gasteiger partial charge in [0.1, 0.15) is 0 Å². The fraction of sp³-hybridized carbons (Fsp3) is 0.533. The highest BCUT2D eigenvalue weighted by atomic mass is 16.1. The van der Waals surface area contributed by atoms with Crippen molar-refractivity contribution < 1.29 is 9.69 Å². The van der Waals surface area contributed by atoms with Crippen LogP contribution in [-0.2, 0) is 4.79 Å². The Morgan fingerprint density at radius 1 is 1.06 bits per heavy atom. The minimum absolute atomic E-state index is 0.137. The summed E-state index contributed by atoms with van der Waals surface area (Å²) in [7, 11) is 0. The second-order valence-electron chi connectivity index (χ2n) is 5.08. The number of hydrogen-bond acceptors (Lipinski definition) is 1. The molecule has 1 aromatic carbocycles. The van der Waals surface area contributed by atoms with Crippen LogP contribution in [-0.4, -0.2) is 25.5 Å². The van der Waals surface area contributed by atoms with E-state index in [-0.39, 0.29) is 5.91 Å². The van der Waals surface area contributed by atoms with Crippen molar-refractivity contribution in [1.82, 2.24) is 0 Å². The highest BCUT2D eigenvalue weighted by Crippen LogP contribution is 2.05. The molecule has 0 radical (unpaired) electrons. The molecule has 2 N–H and O–H groups in total. The minimum Gasteiger partial charge on any atom is -0.335 e. The van der Waals surface area contributed by atoms with E-state index in [4.69, 9.17) is 0 Å². The van der Waals surface area contributed by atoms with Gasteiger partial charge in [-0.15, -0.1) is 0 Å². The number of rotatable bonds is 4. The highest BCUT2D eigenvalue weighted by molar-refractivity contribution is 5.90. The molecule has 0 unspecified atom stereocenters. The molecule has 2 rings (SSSR count). The van der Waals surface area contributed by atoms with Gasteiger partial charge in [0, 0.05) is 5.69 Å².